The van der Waals surface area contributed by atoms with Crippen molar-refractivity contribution < 1.29 is 0 Å². The fraction of sp³-hybridized carbons (Fsp3) is 1.00. The number of nitrogens with one attached hydrogen (secondary N) is 1. The maximum absolute atomic E-state index is 6.47. The van der Waals surface area contributed by atoms with E-state index in [1.165, 1.54) is 57.8 Å². The lowest BCUT2D eigenvalue weighted by atomic mass is 9.82. The van der Waals surface area contributed by atoms with E-state index in [0.717, 1.165) is 24.4 Å². The van der Waals surface area contributed by atoms with Gasteiger partial charge >= 0.3 is 0 Å². The second kappa shape index (κ2) is 4.30. The van der Waals surface area contributed by atoms with Crippen molar-refractivity contribution in [3.05, 3.63) is 0 Å². The minimum atomic E-state index is 0.125. The van der Waals surface area contributed by atoms with Crippen LogP contribution in [0.2, 0.25) is 0 Å². The van der Waals surface area contributed by atoms with Crippen LogP contribution in [0, 0.1) is 11.8 Å². The van der Waals surface area contributed by atoms with Gasteiger partial charge in [0, 0.05) is 18.1 Å². The first-order valence-corrected chi connectivity index (χ1v) is 7.27. The molecule has 3 saturated carbocycles. The summed E-state index contributed by atoms with van der Waals surface area (Å²) in [6, 6.07) is 0.807. The third-order valence-corrected chi connectivity index (χ3v) is 5.30. The molecule has 2 bridgehead atoms. The van der Waals surface area contributed by atoms with E-state index in [0.29, 0.717) is 0 Å². The monoisotopic (exact) mass is 222 g/mol. The largest absolute Gasteiger partial charge is 0.324 e. The Morgan fingerprint density at radius 2 is 1.88 bits per heavy atom. The van der Waals surface area contributed by atoms with Gasteiger partial charge in [-0.3, -0.25) is 0 Å². The average molecular weight is 222 g/mol. The molecule has 0 amide bonds. The van der Waals surface area contributed by atoms with Crippen LogP contribution in [0.4, 0.5) is 0 Å². The predicted molar refractivity (Wildman–Crippen MR) is 67.2 cm³/mol. The molecule has 2 nitrogen and oxygen atoms in total. The highest BCUT2D eigenvalue weighted by atomic mass is 15.0. The Labute approximate surface area is 99.4 Å². The molecule has 3 fully saturated rings. The number of hydrogen-bond acceptors (Lipinski definition) is 2. The summed E-state index contributed by atoms with van der Waals surface area (Å²) in [4.78, 5) is 0. The van der Waals surface area contributed by atoms with Gasteiger partial charge in [-0.1, -0.05) is 25.7 Å². The Balaban J connectivity index is 1.49. The third kappa shape index (κ3) is 2.14. The van der Waals surface area contributed by atoms with E-state index >= 15 is 0 Å². The first kappa shape index (κ1) is 11.0. The van der Waals surface area contributed by atoms with Gasteiger partial charge in [-0.05, 0) is 43.9 Å². The molecule has 92 valence electrons. The van der Waals surface area contributed by atoms with Crippen LogP contribution in [0.1, 0.15) is 57.8 Å². The Morgan fingerprint density at radius 3 is 2.50 bits per heavy atom. The van der Waals surface area contributed by atoms with Gasteiger partial charge in [0.15, 0.2) is 0 Å². The summed E-state index contributed by atoms with van der Waals surface area (Å²) in [5.74, 6) is 2.03. The molecule has 0 aromatic carbocycles. The van der Waals surface area contributed by atoms with E-state index in [1.807, 2.05) is 0 Å². The van der Waals surface area contributed by atoms with Crippen LogP contribution in [0.3, 0.4) is 0 Å². The molecular weight excluding hydrogens is 196 g/mol. The van der Waals surface area contributed by atoms with Gasteiger partial charge in [0.1, 0.15) is 0 Å². The molecule has 0 aromatic heterocycles. The number of nitrogens with two attached hydrogens (primary N) is 1. The summed E-state index contributed by atoms with van der Waals surface area (Å²) in [6.07, 6.45) is 12.4. The minimum absolute atomic E-state index is 0.125. The lowest BCUT2D eigenvalue weighted by Gasteiger charge is -2.36. The van der Waals surface area contributed by atoms with Crippen molar-refractivity contribution in [1.29, 1.82) is 0 Å². The molecule has 3 atom stereocenters. The van der Waals surface area contributed by atoms with Crippen LogP contribution in [0.25, 0.3) is 0 Å². The predicted octanol–water partition coefficient (Wildman–Crippen LogP) is 2.43. The van der Waals surface area contributed by atoms with Gasteiger partial charge in [-0.2, -0.15) is 0 Å². The zero-order valence-electron chi connectivity index (χ0n) is 10.4. The van der Waals surface area contributed by atoms with Crippen LogP contribution in [-0.2, 0) is 0 Å². The van der Waals surface area contributed by atoms with Crippen molar-refractivity contribution in [2.75, 3.05) is 6.54 Å². The van der Waals surface area contributed by atoms with Crippen LogP contribution < -0.4 is 11.1 Å². The molecule has 0 saturated heterocycles. The van der Waals surface area contributed by atoms with Crippen molar-refractivity contribution in [3.8, 4) is 0 Å². The Bertz CT molecular complexity index is 245. The molecule has 0 heterocycles. The van der Waals surface area contributed by atoms with Crippen LogP contribution in [0.5, 0.6) is 0 Å². The SMILES string of the molecule is NC1(CNC2CC3CCC2C3)CCCCC1. The number of fused-ring (bicyclic) bond motifs is 2. The highest BCUT2D eigenvalue weighted by molar-refractivity contribution is 4.97. The molecule has 3 N–H and O–H groups in total. The van der Waals surface area contributed by atoms with E-state index in [9.17, 15) is 0 Å². The van der Waals surface area contributed by atoms with Crippen molar-refractivity contribution in [3.63, 3.8) is 0 Å². The van der Waals surface area contributed by atoms with Gasteiger partial charge in [-0.15, -0.1) is 0 Å². The lowest BCUT2D eigenvalue weighted by Crippen LogP contribution is -2.52. The summed E-state index contributed by atoms with van der Waals surface area (Å²) in [6.45, 7) is 1.07. The molecule has 0 aliphatic heterocycles. The third-order valence-electron chi connectivity index (χ3n) is 5.30. The topological polar surface area (TPSA) is 38.0 Å². The molecule has 3 aliphatic carbocycles. The van der Waals surface area contributed by atoms with Crippen LogP contribution >= 0.6 is 0 Å². The quantitative estimate of drug-likeness (QED) is 0.769. The Hall–Kier alpha value is -0.0800. The number of rotatable bonds is 3. The van der Waals surface area contributed by atoms with E-state index < -0.39 is 0 Å². The summed E-state index contributed by atoms with van der Waals surface area (Å²) in [5, 5.41) is 3.80. The zero-order valence-corrected chi connectivity index (χ0v) is 10.4. The van der Waals surface area contributed by atoms with Gasteiger partial charge in [0.05, 0.1) is 0 Å². The average Bonchev–Trinajstić information content (AvgIpc) is 2.89. The first-order valence-electron chi connectivity index (χ1n) is 7.27. The molecule has 16 heavy (non-hydrogen) atoms. The van der Waals surface area contributed by atoms with Gasteiger partial charge < -0.3 is 11.1 Å². The summed E-state index contributed by atoms with van der Waals surface area (Å²) >= 11 is 0. The van der Waals surface area contributed by atoms with Gasteiger partial charge in [-0.25, -0.2) is 0 Å². The highest BCUT2D eigenvalue weighted by Gasteiger charge is 2.40. The molecule has 3 rings (SSSR count). The molecular formula is C14H26N2. The standard InChI is InChI=1S/C14H26N2/c15-14(6-2-1-3-7-14)10-16-13-9-11-4-5-12(13)8-11/h11-13,16H,1-10,15H2. The second-order valence-corrected chi connectivity index (χ2v) is 6.59. The van der Waals surface area contributed by atoms with Crippen molar-refractivity contribution in [1.82, 2.24) is 5.32 Å². The maximum Gasteiger partial charge on any atom is 0.0280 e. The zero-order chi connectivity index (χ0) is 11.0. The lowest BCUT2D eigenvalue weighted by molar-refractivity contribution is 0.252. The van der Waals surface area contributed by atoms with E-state index in [4.69, 9.17) is 5.73 Å². The Morgan fingerprint density at radius 1 is 1.06 bits per heavy atom. The summed E-state index contributed by atoms with van der Waals surface area (Å²) in [7, 11) is 0. The van der Waals surface area contributed by atoms with Crippen molar-refractivity contribution >= 4 is 0 Å². The minimum Gasteiger partial charge on any atom is -0.324 e. The van der Waals surface area contributed by atoms with Crippen molar-refractivity contribution in [2.45, 2.75) is 69.4 Å². The maximum atomic E-state index is 6.47. The summed E-state index contributed by atoms with van der Waals surface area (Å²) in [5.41, 5.74) is 6.60. The van der Waals surface area contributed by atoms with Gasteiger partial charge in [0.25, 0.3) is 0 Å². The normalized spacial score (nSPS) is 41.4. The second-order valence-electron chi connectivity index (χ2n) is 6.59. The fourth-order valence-electron chi connectivity index (χ4n) is 4.26. The van der Waals surface area contributed by atoms with Crippen molar-refractivity contribution in [2.24, 2.45) is 17.6 Å². The van der Waals surface area contributed by atoms with Crippen LogP contribution in [-0.4, -0.2) is 18.1 Å². The van der Waals surface area contributed by atoms with E-state index in [1.54, 1.807) is 0 Å². The Kier molecular flexibility index (Phi) is 2.97. The molecule has 2 heteroatoms. The number of hydrogen-bond donors (Lipinski definition) is 2. The van der Waals surface area contributed by atoms with E-state index in [2.05, 4.69) is 5.32 Å². The molecule has 0 radical (unpaired) electrons. The molecule has 3 aliphatic rings. The van der Waals surface area contributed by atoms with Crippen LogP contribution in [0.15, 0.2) is 0 Å². The smallest absolute Gasteiger partial charge is 0.0280 e. The fourth-order valence-corrected chi connectivity index (χ4v) is 4.26. The molecule has 3 unspecified atom stereocenters. The van der Waals surface area contributed by atoms with Gasteiger partial charge in [0.2, 0.25) is 0 Å². The molecule has 0 aromatic rings. The summed E-state index contributed by atoms with van der Waals surface area (Å²) < 4.78 is 0. The van der Waals surface area contributed by atoms with E-state index in [-0.39, 0.29) is 5.54 Å². The first-order chi connectivity index (χ1) is 7.75. The highest BCUT2D eigenvalue weighted by Crippen LogP contribution is 2.44. The molecule has 0 spiro atoms.